The summed E-state index contributed by atoms with van der Waals surface area (Å²) in [5.74, 6) is -1.19. The molecule has 0 unspecified atom stereocenters. The predicted molar refractivity (Wildman–Crippen MR) is 78.5 cm³/mol. The summed E-state index contributed by atoms with van der Waals surface area (Å²) in [6.45, 7) is 2.69. The van der Waals surface area contributed by atoms with Gasteiger partial charge in [-0.15, -0.1) is 0 Å². The Kier molecular flexibility index (Phi) is 5.54. The van der Waals surface area contributed by atoms with E-state index < -0.39 is 28.6 Å². The summed E-state index contributed by atoms with van der Waals surface area (Å²) < 4.78 is 26.9. The topological polar surface area (TPSA) is 74.7 Å². The van der Waals surface area contributed by atoms with Gasteiger partial charge in [-0.3, -0.25) is 4.79 Å². The van der Waals surface area contributed by atoms with Crippen molar-refractivity contribution in [3.8, 4) is 0 Å². The third-order valence-electron chi connectivity index (χ3n) is 2.35. The van der Waals surface area contributed by atoms with Crippen LogP contribution in [-0.4, -0.2) is 36.4 Å². The number of carboxylic acids is 1. The summed E-state index contributed by atoms with van der Waals surface area (Å²) in [7, 11) is -3.87. The minimum atomic E-state index is -3.87. The molecule has 0 spiro atoms. The van der Waals surface area contributed by atoms with Crippen molar-refractivity contribution in [3.63, 3.8) is 0 Å². The van der Waals surface area contributed by atoms with Crippen LogP contribution >= 0.6 is 31.9 Å². The fourth-order valence-electron chi connectivity index (χ4n) is 1.48. The first-order valence-electron chi connectivity index (χ1n) is 5.35. The zero-order valence-electron chi connectivity index (χ0n) is 10.3. The van der Waals surface area contributed by atoms with Gasteiger partial charge in [-0.2, -0.15) is 4.31 Å². The van der Waals surface area contributed by atoms with E-state index in [9.17, 15) is 13.2 Å². The number of benzene rings is 1. The smallest absolute Gasteiger partial charge is 0.318 e. The quantitative estimate of drug-likeness (QED) is 0.803. The minimum Gasteiger partial charge on any atom is -0.480 e. The maximum Gasteiger partial charge on any atom is 0.318 e. The highest BCUT2D eigenvalue weighted by Gasteiger charge is 2.30. The number of rotatable bonds is 5. The first kappa shape index (κ1) is 16.6. The van der Waals surface area contributed by atoms with Gasteiger partial charge in [0.25, 0.3) is 0 Å². The molecule has 0 saturated heterocycles. The largest absolute Gasteiger partial charge is 0.480 e. The summed E-state index contributed by atoms with van der Waals surface area (Å²) in [4.78, 5) is 10.9. The average molecular weight is 415 g/mol. The number of hydrogen-bond donors (Lipinski definition) is 1. The van der Waals surface area contributed by atoms with E-state index in [1.54, 1.807) is 26.0 Å². The standard InChI is InChI=1S/C11H13Br2NO4S/c1-7(2)14(6-11(15)16)19(17,18)10-5-8(12)3-4-9(10)13/h3-5,7H,6H2,1-2H3,(H,15,16). The zero-order chi connectivity index (χ0) is 14.8. The summed E-state index contributed by atoms with van der Waals surface area (Å²) in [6.07, 6.45) is 0. The van der Waals surface area contributed by atoms with Crippen LogP contribution in [0.15, 0.2) is 32.0 Å². The lowest BCUT2D eigenvalue weighted by atomic mass is 10.4. The third kappa shape index (κ3) is 4.01. The van der Waals surface area contributed by atoms with Crippen molar-refractivity contribution in [2.24, 2.45) is 0 Å². The number of sulfonamides is 1. The fourth-order valence-corrected chi connectivity index (χ4v) is 4.53. The molecule has 19 heavy (non-hydrogen) atoms. The second-order valence-corrected chi connectivity index (χ2v) is 7.74. The van der Waals surface area contributed by atoms with Crippen LogP contribution in [0, 0.1) is 0 Å². The molecule has 0 heterocycles. The van der Waals surface area contributed by atoms with Crippen LogP contribution in [0.5, 0.6) is 0 Å². The highest BCUT2D eigenvalue weighted by molar-refractivity contribution is 9.11. The van der Waals surface area contributed by atoms with Crippen molar-refractivity contribution in [3.05, 3.63) is 27.1 Å². The maximum absolute atomic E-state index is 12.5. The molecule has 5 nitrogen and oxygen atoms in total. The van der Waals surface area contributed by atoms with E-state index in [0.29, 0.717) is 8.95 Å². The van der Waals surface area contributed by atoms with Crippen LogP contribution in [0.25, 0.3) is 0 Å². The molecule has 1 rings (SSSR count). The van der Waals surface area contributed by atoms with Crippen molar-refractivity contribution in [2.75, 3.05) is 6.54 Å². The lowest BCUT2D eigenvalue weighted by molar-refractivity contribution is -0.137. The molecule has 0 radical (unpaired) electrons. The normalized spacial score (nSPS) is 12.1. The molecule has 0 atom stereocenters. The second kappa shape index (κ2) is 6.34. The van der Waals surface area contributed by atoms with Crippen LogP contribution in [0.4, 0.5) is 0 Å². The highest BCUT2D eigenvalue weighted by atomic mass is 79.9. The van der Waals surface area contributed by atoms with E-state index in [4.69, 9.17) is 5.11 Å². The van der Waals surface area contributed by atoms with Crippen molar-refractivity contribution in [1.82, 2.24) is 4.31 Å². The first-order valence-corrected chi connectivity index (χ1v) is 8.37. The SMILES string of the molecule is CC(C)N(CC(=O)O)S(=O)(=O)c1cc(Br)ccc1Br. The number of nitrogens with zero attached hydrogens (tertiary/aromatic N) is 1. The molecular formula is C11H13Br2NO4S. The van der Waals surface area contributed by atoms with Gasteiger partial charge in [0.2, 0.25) is 10.0 Å². The average Bonchev–Trinajstić information content (AvgIpc) is 2.28. The van der Waals surface area contributed by atoms with E-state index >= 15 is 0 Å². The second-order valence-electron chi connectivity index (χ2n) is 4.11. The van der Waals surface area contributed by atoms with Gasteiger partial charge in [-0.1, -0.05) is 15.9 Å². The van der Waals surface area contributed by atoms with Gasteiger partial charge in [0.15, 0.2) is 0 Å². The molecule has 0 saturated carbocycles. The van der Waals surface area contributed by atoms with Gasteiger partial charge in [-0.25, -0.2) is 8.42 Å². The van der Waals surface area contributed by atoms with Crippen LogP contribution in [0.2, 0.25) is 0 Å². The van der Waals surface area contributed by atoms with Crippen LogP contribution < -0.4 is 0 Å². The molecule has 106 valence electrons. The number of halogens is 2. The van der Waals surface area contributed by atoms with E-state index in [0.717, 1.165) is 4.31 Å². The molecule has 1 N–H and O–H groups in total. The van der Waals surface area contributed by atoms with Gasteiger partial charge in [0, 0.05) is 15.0 Å². The Morgan fingerprint density at radius 3 is 2.42 bits per heavy atom. The van der Waals surface area contributed by atoms with Crippen LogP contribution in [0.1, 0.15) is 13.8 Å². The summed E-state index contributed by atoms with van der Waals surface area (Å²) in [5.41, 5.74) is 0. The molecule has 1 aromatic rings. The first-order chi connectivity index (χ1) is 8.66. The van der Waals surface area contributed by atoms with E-state index in [1.165, 1.54) is 6.07 Å². The molecule has 0 aromatic heterocycles. The van der Waals surface area contributed by atoms with Crippen molar-refractivity contribution < 1.29 is 18.3 Å². The van der Waals surface area contributed by atoms with E-state index in [-0.39, 0.29) is 4.90 Å². The van der Waals surface area contributed by atoms with E-state index in [1.807, 2.05) is 0 Å². The molecule has 8 heteroatoms. The van der Waals surface area contributed by atoms with E-state index in [2.05, 4.69) is 31.9 Å². The van der Waals surface area contributed by atoms with Crippen LogP contribution in [-0.2, 0) is 14.8 Å². The van der Waals surface area contributed by atoms with Gasteiger partial charge < -0.3 is 5.11 Å². The lowest BCUT2D eigenvalue weighted by Gasteiger charge is -2.24. The van der Waals surface area contributed by atoms with Gasteiger partial charge in [0.05, 0.1) is 4.90 Å². The van der Waals surface area contributed by atoms with Gasteiger partial charge in [0.1, 0.15) is 6.54 Å². The summed E-state index contributed by atoms with van der Waals surface area (Å²) in [6, 6.07) is 4.28. The summed E-state index contributed by atoms with van der Waals surface area (Å²) >= 11 is 6.38. The number of aliphatic carboxylic acids is 1. The Bertz CT molecular complexity index is 586. The molecule has 1 aromatic carbocycles. The Morgan fingerprint density at radius 1 is 1.37 bits per heavy atom. The molecule has 0 fully saturated rings. The van der Waals surface area contributed by atoms with Crippen LogP contribution in [0.3, 0.4) is 0 Å². The van der Waals surface area contributed by atoms with Crippen molar-refractivity contribution >= 4 is 47.9 Å². The van der Waals surface area contributed by atoms with Gasteiger partial charge >= 0.3 is 5.97 Å². The molecule has 0 bridgehead atoms. The molecule has 0 amide bonds. The fraction of sp³-hybridized carbons (Fsp3) is 0.364. The Hall–Kier alpha value is -0.440. The highest BCUT2D eigenvalue weighted by Crippen LogP contribution is 2.29. The maximum atomic E-state index is 12.5. The number of carbonyl (C=O) groups is 1. The molecule has 0 aliphatic rings. The molecule has 0 aliphatic heterocycles. The number of carboxylic acid groups (broad SMARTS) is 1. The Morgan fingerprint density at radius 2 is 1.95 bits per heavy atom. The zero-order valence-corrected chi connectivity index (χ0v) is 14.3. The Labute approximate surface area is 128 Å². The monoisotopic (exact) mass is 413 g/mol. The molecular weight excluding hydrogens is 402 g/mol. The summed E-state index contributed by atoms with van der Waals surface area (Å²) in [5, 5.41) is 8.84. The minimum absolute atomic E-state index is 0.0387. The van der Waals surface area contributed by atoms with Crippen molar-refractivity contribution in [1.29, 1.82) is 0 Å². The molecule has 0 aliphatic carbocycles. The van der Waals surface area contributed by atoms with Crippen molar-refractivity contribution in [2.45, 2.75) is 24.8 Å². The van der Waals surface area contributed by atoms with Gasteiger partial charge in [-0.05, 0) is 48.0 Å². The number of hydrogen-bond acceptors (Lipinski definition) is 3. The Balaban J connectivity index is 3.34. The predicted octanol–water partition coefficient (Wildman–Crippen LogP) is 2.70. The third-order valence-corrected chi connectivity index (χ3v) is 5.86. The lowest BCUT2D eigenvalue weighted by Crippen LogP contribution is -2.40.